The van der Waals surface area contributed by atoms with Crippen LogP contribution in [0, 0.1) is 5.92 Å². The highest BCUT2D eigenvalue weighted by atomic mass is 16.2. The highest BCUT2D eigenvalue weighted by Crippen LogP contribution is 2.25. The Morgan fingerprint density at radius 1 is 1.33 bits per heavy atom. The minimum Gasteiger partial charge on any atom is -0.336 e. The van der Waals surface area contributed by atoms with Crippen molar-refractivity contribution in [3.63, 3.8) is 0 Å². The number of carbonyl (C=O) groups is 1. The van der Waals surface area contributed by atoms with Crippen LogP contribution in [0.15, 0.2) is 0 Å². The lowest BCUT2D eigenvalue weighted by atomic mass is 9.82. The van der Waals surface area contributed by atoms with Gasteiger partial charge in [-0.2, -0.15) is 0 Å². The summed E-state index contributed by atoms with van der Waals surface area (Å²) in [5.41, 5.74) is 6.17. The van der Waals surface area contributed by atoms with Gasteiger partial charge in [0.15, 0.2) is 0 Å². The van der Waals surface area contributed by atoms with Crippen LogP contribution in [0.2, 0.25) is 0 Å². The second-order valence-corrected chi connectivity index (χ2v) is 6.28. The van der Waals surface area contributed by atoms with E-state index in [0.29, 0.717) is 12.5 Å². The van der Waals surface area contributed by atoms with Gasteiger partial charge in [0.25, 0.3) is 0 Å². The van der Waals surface area contributed by atoms with Crippen molar-refractivity contribution in [3.05, 3.63) is 0 Å². The largest absolute Gasteiger partial charge is 0.336 e. The second-order valence-electron chi connectivity index (χ2n) is 6.28. The highest BCUT2D eigenvalue weighted by Gasteiger charge is 2.29. The molecule has 1 atom stereocenters. The molecule has 2 fully saturated rings. The van der Waals surface area contributed by atoms with Gasteiger partial charge in [-0.25, -0.2) is 4.79 Å². The van der Waals surface area contributed by atoms with Gasteiger partial charge in [-0.15, -0.1) is 0 Å². The molecule has 4 nitrogen and oxygen atoms in total. The maximum absolute atomic E-state index is 12.1. The minimum atomic E-state index is -0.157. The summed E-state index contributed by atoms with van der Waals surface area (Å²) in [6, 6.07) is 0.0805. The molecule has 0 bridgehead atoms. The average Bonchev–Trinajstić information content (AvgIpc) is 2.37. The van der Waals surface area contributed by atoms with Crippen molar-refractivity contribution in [2.75, 3.05) is 19.6 Å². The first kappa shape index (κ1) is 13.7. The molecule has 18 heavy (non-hydrogen) atoms. The van der Waals surface area contributed by atoms with Crippen LogP contribution in [0.3, 0.4) is 0 Å². The zero-order valence-electron chi connectivity index (χ0n) is 11.6. The van der Waals surface area contributed by atoms with E-state index in [4.69, 9.17) is 5.73 Å². The lowest BCUT2D eigenvalue weighted by Crippen LogP contribution is -2.54. The van der Waals surface area contributed by atoms with Gasteiger partial charge in [0.05, 0.1) is 0 Å². The molecular weight excluding hydrogens is 226 g/mol. The fourth-order valence-electron chi connectivity index (χ4n) is 3.17. The van der Waals surface area contributed by atoms with Gasteiger partial charge in [-0.05, 0) is 31.6 Å². The molecule has 0 radical (unpaired) electrons. The summed E-state index contributed by atoms with van der Waals surface area (Å²) >= 11 is 0. The Labute approximate surface area is 110 Å². The summed E-state index contributed by atoms with van der Waals surface area (Å²) < 4.78 is 0. The van der Waals surface area contributed by atoms with Crippen molar-refractivity contribution in [2.24, 2.45) is 11.7 Å². The van der Waals surface area contributed by atoms with Gasteiger partial charge in [-0.3, -0.25) is 0 Å². The molecule has 1 aliphatic carbocycles. The van der Waals surface area contributed by atoms with Crippen LogP contribution < -0.4 is 11.1 Å². The van der Waals surface area contributed by atoms with Gasteiger partial charge >= 0.3 is 6.03 Å². The maximum atomic E-state index is 12.1. The molecule has 4 heteroatoms. The van der Waals surface area contributed by atoms with Gasteiger partial charge in [0.2, 0.25) is 0 Å². The Bertz CT molecular complexity index is 287. The van der Waals surface area contributed by atoms with Crippen LogP contribution >= 0.6 is 0 Å². The first-order valence-electron chi connectivity index (χ1n) is 7.41. The Morgan fingerprint density at radius 2 is 2.06 bits per heavy atom. The molecule has 0 aromatic rings. The van der Waals surface area contributed by atoms with E-state index in [-0.39, 0.29) is 11.6 Å². The fourth-order valence-corrected chi connectivity index (χ4v) is 3.17. The molecule has 1 unspecified atom stereocenters. The van der Waals surface area contributed by atoms with Crippen molar-refractivity contribution in [1.82, 2.24) is 10.2 Å². The van der Waals surface area contributed by atoms with Crippen LogP contribution in [0.1, 0.15) is 51.9 Å². The monoisotopic (exact) mass is 253 g/mol. The van der Waals surface area contributed by atoms with E-state index in [1.54, 1.807) is 0 Å². The number of amides is 2. The molecule has 2 amide bonds. The Morgan fingerprint density at radius 3 is 2.72 bits per heavy atom. The first-order valence-corrected chi connectivity index (χ1v) is 7.41. The number of nitrogens with one attached hydrogen (secondary N) is 1. The topological polar surface area (TPSA) is 58.4 Å². The normalized spacial score (nSPS) is 27.9. The molecular formula is C14H27N3O. The van der Waals surface area contributed by atoms with Crippen molar-refractivity contribution >= 4 is 6.03 Å². The number of piperidine rings is 1. The van der Waals surface area contributed by atoms with E-state index in [9.17, 15) is 4.79 Å². The van der Waals surface area contributed by atoms with Crippen LogP contribution in [0.4, 0.5) is 4.79 Å². The molecule has 2 aliphatic rings. The number of hydrogen-bond donors (Lipinski definition) is 2. The van der Waals surface area contributed by atoms with Gasteiger partial charge in [0.1, 0.15) is 0 Å². The Kier molecular flexibility index (Phi) is 4.49. The number of nitrogens with zero attached hydrogens (tertiary/aromatic N) is 1. The molecule has 2 rings (SSSR count). The number of likely N-dealkylation sites (tertiary alicyclic amines) is 1. The van der Waals surface area contributed by atoms with Crippen molar-refractivity contribution in [1.29, 1.82) is 0 Å². The zero-order valence-corrected chi connectivity index (χ0v) is 11.6. The number of carbonyl (C=O) groups excluding carboxylic acids is 1. The molecule has 0 aromatic carbocycles. The Hall–Kier alpha value is -0.770. The second kappa shape index (κ2) is 5.91. The van der Waals surface area contributed by atoms with Gasteiger partial charge < -0.3 is 16.0 Å². The fraction of sp³-hybridized carbons (Fsp3) is 0.929. The molecule has 0 spiro atoms. The summed E-state index contributed by atoms with van der Waals surface area (Å²) in [6.07, 6.45) is 8.15. The minimum absolute atomic E-state index is 0.0805. The third-order valence-electron chi connectivity index (χ3n) is 4.39. The van der Waals surface area contributed by atoms with E-state index < -0.39 is 0 Å². The smallest absolute Gasteiger partial charge is 0.317 e. The van der Waals surface area contributed by atoms with E-state index in [2.05, 4.69) is 12.2 Å². The van der Waals surface area contributed by atoms with Crippen LogP contribution in [0.5, 0.6) is 0 Å². The first-order chi connectivity index (χ1) is 8.59. The molecule has 104 valence electrons. The molecule has 1 aliphatic heterocycles. The number of rotatable bonds is 2. The Balaban J connectivity index is 1.76. The lowest BCUT2D eigenvalue weighted by Gasteiger charge is -2.36. The molecule has 1 saturated carbocycles. The van der Waals surface area contributed by atoms with Crippen LogP contribution in [0.25, 0.3) is 0 Å². The molecule has 0 aromatic heterocycles. The summed E-state index contributed by atoms with van der Waals surface area (Å²) in [5, 5.41) is 3.05. The predicted molar refractivity (Wildman–Crippen MR) is 73.4 cm³/mol. The van der Waals surface area contributed by atoms with Crippen molar-refractivity contribution in [2.45, 2.75) is 57.4 Å². The van der Waals surface area contributed by atoms with Crippen molar-refractivity contribution in [3.8, 4) is 0 Å². The average molecular weight is 253 g/mol. The maximum Gasteiger partial charge on any atom is 0.317 e. The number of nitrogens with two attached hydrogens (primary N) is 1. The number of urea groups is 1. The third kappa shape index (κ3) is 3.61. The summed E-state index contributed by atoms with van der Waals surface area (Å²) in [6.45, 7) is 4.64. The van der Waals surface area contributed by atoms with Gasteiger partial charge in [0, 0.05) is 25.2 Å². The van der Waals surface area contributed by atoms with E-state index in [0.717, 1.165) is 32.4 Å². The third-order valence-corrected chi connectivity index (χ3v) is 4.39. The van der Waals surface area contributed by atoms with Crippen LogP contribution in [-0.2, 0) is 0 Å². The standard InChI is InChI=1S/C14H27N3O/c1-12-6-5-9-17(10-12)13(18)16-11-14(15)7-3-2-4-8-14/h12H,2-11,15H2,1H3,(H,16,18). The molecule has 1 saturated heterocycles. The van der Waals surface area contributed by atoms with Crippen molar-refractivity contribution < 1.29 is 4.79 Å². The van der Waals surface area contributed by atoms with E-state index in [1.807, 2.05) is 4.90 Å². The highest BCUT2D eigenvalue weighted by molar-refractivity contribution is 5.74. The number of hydrogen-bond acceptors (Lipinski definition) is 2. The molecule has 3 N–H and O–H groups in total. The van der Waals surface area contributed by atoms with E-state index in [1.165, 1.54) is 25.7 Å². The predicted octanol–water partition coefficient (Wildman–Crippen LogP) is 2.09. The van der Waals surface area contributed by atoms with Gasteiger partial charge in [-0.1, -0.05) is 26.2 Å². The summed E-state index contributed by atoms with van der Waals surface area (Å²) in [7, 11) is 0. The zero-order chi connectivity index (χ0) is 13.0. The quantitative estimate of drug-likeness (QED) is 0.791. The molecule has 1 heterocycles. The summed E-state index contributed by atoms with van der Waals surface area (Å²) in [4.78, 5) is 14.0. The lowest BCUT2D eigenvalue weighted by molar-refractivity contribution is 0.165. The van der Waals surface area contributed by atoms with Crippen LogP contribution in [-0.4, -0.2) is 36.1 Å². The van der Waals surface area contributed by atoms with E-state index >= 15 is 0 Å². The SMILES string of the molecule is CC1CCCN(C(=O)NCC2(N)CCCCC2)C1. The summed E-state index contributed by atoms with van der Waals surface area (Å²) in [5.74, 6) is 0.631.